The van der Waals surface area contributed by atoms with Crippen molar-refractivity contribution >= 4 is 5.91 Å². The van der Waals surface area contributed by atoms with Crippen LogP contribution in [0.2, 0.25) is 0 Å². The van der Waals surface area contributed by atoms with Crippen molar-refractivity contribution < 1.29 is 4.79 Å². The molecule has 1 aromatic carbocycles. The highest BCUT2D eigenvalue weighted by Crippen LogP contribution is 2.09. The molecule has 3 heteroatoms. The molecule has 0 spiro atoms. The molecule has 3 nitrogen and oxygen atoms in total. The van der Waals surface area contributed by atoms with E-state index in [1.165, 1.54) is 5.56 Å². The second kappa shape index (κ2) is 8.70. The fraction of sp³-hybridized carbons (Fsp3) is 0.562. The number of hydrogen-bond acceptors (Lipinski definition) is 2. The lowest BCUT2D eigenvalue weighted by atomic mass is 9.99. The SMILES string of the molecule is CCCC(CCN)CNC(=O)Cc1cccc(C)c1. The predicted octanol–water partition coefficient (Wildman–Crippen LogP) is 2.42. The van der Waals surface area contributed by atoms with Gasteiger partial charge in [0.15, 0.2) is 0 Å². The van der Waals surface area contributed by atoms with Crippen LogP contribution in [0.5, 0.6) is 0 Å². The van der Waals surface area contributed by atoms with Crippen molar-refractivity contribution in [2.45, 2.75) is 39.5 Å². The van der Waals surface area contributed by atoms with Crippen molar-refractivity contribution in [2.75, 3.05) is 13.1 Å². The molecule has 1 atom stereocenters. The Morgan fingerprint density at radius 1 is 1.37 bits per heavy atom. The lowest BCUT2D eigenvalue weighted by Gasteiger charge is -2.16. The second-order valence-corrected chi connectivity index (χ2v) is 5.20. The summed E-state index contributed by atoms with van der Waals surface area (Å²) in [6.07, 6.45) is 3.71. The zero-order chi connectivity index (χ0) is 14.1. The van der Waals surface area contributed by atoms with E-state index in [4.69, 9.17) is 5.73 Å². The largest absolute Gasteiger partial charge is 0.356 e. The van der Waals surface area contributed by atoms with Crippen molar-refractivity contribution in [1.29, 1.82) is 0 Å². The molecule has 19 heavy (non-hydrogen) atoms. The third-order valence-corrected chi connectivity index (χ3v) is 3.31. The maximum absolute atomic E-state index is 11.9. The van der Waals surface area contributed by atoms with Gasteiger partial charge in [-0.15, -0.1) is 0 Å². The van der Waals surface area contributed by atoms with Gasteiger partial charge in [-0.2, -0.15) is 0 Å². The summed E-state index contributed by atoms with van der Waals surface area (Å²) < 4.78 is 0. The Hall–Kier alpha value is -1.35. The van der Waals surface area contributed by atoms with Crippen molar-refractivity contribution in [3.05, 3.63) is 35.4 Å². The average Bonchev–Trinajstić information content (AvgIpc) is 2.36. The smallest absolute Gasteiger partial charge is 0.224 e. The summed E-state index contributed by atoms with van der Waals surface area (Å²) in [6.45, 7) is 5.64. The Morgan fingerprint density at radius 3 is 2.79 bits per heavy atom. The highest BCUT2D eigenvalue weighted by Gasteiger charge is 2.09. The van der Waals surface area contributed by atoms with Crippen LogP contribution in [0.1, 0.15) is 37.3 Å². The lowest BCUT2D eigenvalue weighted by Crippen LogP contribution is -2.31. The monoisotopic (exact) mass is 262 g/mol. The summed E-state index contributed by atoms with van der Waals surface area (Å²) in [5, 5.41) is 3.03. The van der Waals surface area contributed by atoms with E-state index in [0.717, 1.165) is 31.4 Å². The van der Waals surface area contributed by atoms with Crippen LogP contribution in [0.25, 0.3) is 0 Å². The van der Waals surface area contributed by atoms with Crippen LogP contribution in [0.3, 0.4) is 0 Å². The summed E-state index contributed by atoms with van der Waals surface area (Å²) in [4.78, 5) is 11.9. The number of carbonyl (C=O) groups is 1. The standard InChI is InChI=1S/C16H26N2O/c1-3-5-14(8-9-17)12-18-16(19)11-15-7-4-6-13(2)10-15/h4,6-7,10,14H,3,5,8-9,11-12,17H2,1-2H3,(H,18,19). The number of hydrogen-bond donors (Lipinski definition) is 2. The highest BCUT2D eigenvalue weighted by atomic mass is 16.1. The van der Waals surface area contributed by atoms with Crippen LogP contribution in [-0.4, -0.2) is 19.0 Å². The Morgan fingerprint density at radius 2 is 2.16 bits per heavy atom. The Labute approximate surface area is 116 Å². The molecule has 1 rings (SSSR count). The molecule has 0 radical (unpaired) electrons. The Kier molecular flexibility index (Phi) is 7.19. The summed E-state index contributed by atoms with van der Waals surface area (Å²) >= 11 is 0. The molecule has 0 aliphatic carbocycles. The number of benzene rings is 1. The molecule has 0 aliphatic heterocycles. The van der Waals surface area contributed by atoms with Crippen molar-refractivity contribution in [1.82, 2.24) is 5.32 Å². The fourth-order valence-electron chi connectivity index (χ4n) is 2.32. The average molecular weight is 262 g/mol. The van der Waals surface area contributed by atoms with E-state index >= 15 is 0 Å². The van der Waals surface area contributed by atoms with Gasteiger partial charge in [-0.3, -0.25) is 4.79 Å². The van der Waals surface area contributed by atoms with Crippen molar-refractivity contribution in [2.24, 2.45) is 11.7 Å². The highest BCUT2D eigenvalue weighted by molar-refractivity contribution is 5.78. The first kappa shape index (κ1) is 15.7. The first-order valence-electron chi connectivity index (χ1n) is 7.18. The number of amides is 1. The molecule has 3 N–H and O–H groups in total. The minimum atomic E-state index is 0.101. The molecule has 1 aromatic rings. The van der Waals surface area contributed by atoms with Gasteiger partial charge in [0.2, 0.25) is 5.91 Å². The molecule has 1 unspecified atom stereocenters. The molecular formula is C16H26N2O. The van der Waals surface area contributed by atoms with Gasteiger partial charge in [-0.25, -0.2) is 0 Å². The zero-order valence-electron chi connectivity index (χ0n) is 12.1. The maximum Gasteiger partial charge on any atom is 0.224 e. The number of rotatable bonds is 8. The zero-order valence-corrected chi connectivity index (χ0v) is 12.1. The summed E-state index contributed by atoms with van der Waals surface area (Å²) in [6, 6.07) is 8.09. The van der Waals surface area contributed by atoms with Crippen LogP contribution in [0.15, 0.2) is 24.3 Å². The summed E-state index contributed by atoms with van der Waals surface area (Å²) in [5.74, 6) is 0.611. The van der Waals surface area contributed by atoms with Crippen LogP contribution < -0.4 is 11.1 Å². The van der Waals surface area contributed by atoms with Gasteiger partial charge in [0, 0.05) is 6.54 Å². The topological polar surface area (TPSA) is 55.1 Å². The molecule has 0 bridgehead atoms. The number of carbonyl (C=O) groups excluding carboxylic acids is 1. The normalized spacial score (nSPS) is 12.2. The number of aryl methyl sites for hydroxylation is 1. The molecule has 1 amide bonds. The van der Waals surface area contributed by atoms with Crippen LogP contribution in [-0.2, 0) is 11.2 Å². The number of nitrogens with one attached hydrogen (secondary N) is 1. The molecule has 0 fully saturated rings. The van der Waals surface area contributed by atoms with Crippen molar-refractivity contribution in [3.63, 3.8) is 0 Å². The Bertz CT molecular complexity index is 384. The van der Waals surface area contributed by atoms with Gasteiger partial charge in [0.05, 0.1) is 6.42 Å². The van der Waals surface area contributed by atoms with Gasteiger partial charge in [0.1, 0.15) is 0 Å². The van der Waals surface area contributed by atoms with E-state index in [1.54, 1.807) is 0 Å². The minimum Gasteiger partial charge on any atom is -0.356 e. The van der Waals surface area contributed by atoms with E-state index in [0.29, 0.717) is 18.9 Å². The fourth-order valence-corrected chi connectivity index (χ4v) is 2.32. The Balaban J connectivity index is 2.38. The van der Waals surface area contributed by atoms with Crippen LogP contribution in [0, 0.1) is 12.8 Å². The first-order chi connectivity index (χ1) is 9.15. The van der Waals surface area contributed by atoms with E-state index < -0.39 is 0 Å². The van der Waals surface area contributed by atoms with E-state index in [9.17, 15) is 4.79 Å². The third-order valence-electron chi connectivity index (χ3n) is 3.31. The van der Waals surface area contributed by atoms with Gasteiger partial charge in [-0.05, 0) is 37.8 Å². The second-order valence-electron chi connectivity index (χ2n) is 5.20. The molecular weight excluding hydrogens is 236 g/mol. The predicted molar refractivity (Wildman–Crippen MR) is 80.0 cm³/mol. The molecule has 0 saturated carbocycles. The first-order valence-corrected chi connectivity index (χ1v) is 7.18. The van der Waals surface area contributed by atoms with Gasteiger partial charge >= 0.3 is 0 Å². The van der Waals surface area contributed by atoms with E-state index in [2.05, 4.69) is 18.3 Å². The summed E-state index contributed by atoms with van der Waals surface area (Å²) in [5.41, 5.74) is 7.86. The molecule has 0 saturated heterocycles. The van der Waals surface area contributed by atoms with Gasteiger partial charge in [-0.1, -0.05) is 43.2 Å². The maximum atomic E-state index is 11.9. The summed E-state index contributed by atoms with van der Waals surface area (Å²) in [7, 11) is 0. The third kappa shape index (κ3) is 6.39. The number of nitrogens with two attached hydrogens (primary N) is 1. The van der Waals surface area contributed by atoms with Crippen LogP contribution in [0.4, 0.5) is 0 Å². The van der Waals surface area contributed by atoms with Gasteiger partial charge in [0.25, 0.3) is 0 Å². The molecule has 0 aliphatic rings. The molecule has 0 aromatic heterocycles. The van der Waals surface area contributed by atoms with Crippen molar-refractivity contribution in [3.8, 4) is 0 Å². The minimum absolute atomic E-state index is 0.101. The van der Waals surface area contributed by atoms with Crippen LogP contribution >= 0.6 is 0 Å². The lowest BCUT2D eigenvalue weighted by molar-refractivity contribution is -0.120. The van der Waals surface area contributed by atoms with Gasteiger partial charge < -0.3 is 11.1 Å². The molecule has 106 valence electrons. The van der Waals surface area contributed by atoms with E-state index in [1.807, 2.05) is 25.1 Å². The van der Waals surface area contributed by atoms with E-state index in [-0.39, 0.29) is 5.91 Å². The quantitative estimate of drug-likeness (QED) is 0.756. The molecule has 0 heterocycles.